The molecule has 0 saturated heterocycles. The van der Waals surface area contributed by atoms with E-state index in [4.69, 9.17) is 4.74 Å². The van der Waals surface area contributed by atoms with Gasteiger partial charge in [0.1, 0.15) is 6.10 Å². The number of unbranched alkanes of at least 4 members (excludes halogenated alkanes) is 4. The van der Waals surface area contributed by atoms with Crippen LogP contribution in [0.25, 0.3) is 0 Å². The molecule has 0 heterocycles. The quantitative estimate of drug-likeness (QED) is 0.398. The first-order chi connectivity index (χ1) is 11.1. The van der Waals surface area contributed by atoms with E-state index < -0.39 is 0 Å². The summed E-state index contributed by atoms with van der Waals surface area (Å²) in [7, 11) is 0. The van der Waals surface area contributed by atoms with Gasteiger partial charge in [-0.1, -0.05) is 44.7 Å². The van der Waals surface area contributed by atoms with Gasteiger partial charge >= 0.3 is 5.97 Å². The Hall–Kier alpha value is -1.51. The third-order valence-electron chi connectivity index (χ3n) is 4.26. The third-order valence-corrected chi connectivity index (χ3v) is 4.26. The maximum absolute atomic E-state index is 12.0. The Morgan fingerprint density at radius 2 is 1.78 bits per heavy atom. The minimum Gasteiger partial charge on any atom is -0.458 e. The summed E-state index contributed by atoms with van der Waals surface area (Å²) >= 11 is 0. The Bertz CT molecular complexity index is 455. The van der Waals surface area contributed by atoms with E-state index in [-0.39, 0.29) is 12.1 Å². The van der Waals surface area contributed by atoms with Crippen molar-refractivity contribution in [2.45, 2.75) is 72.3 Å². The lowest BCUT2D eigenvalue weighted by atomic mass is 10.1. The van der Waals surface area contributed by atoms with Gasteiger partial charge in [0.25, 0.3) is 0 Å². The predicted molar refractivity (Wildman–Crippen MR) is 97.9 cm³/mol. The monoisotopic (exact) mass is 319 g/mol. The number of carbonyl (C=O) groups excluding carboxylic acids is 1. The summed E-state index contributed by atoms with van der Waals surface area (Å²) in [5.41, 5.74) is 2.25. The molecule has 0 bridgehead atoms. The molecule has 130 valence electrons. The molecule has 0 fully saturated rings. The Kier molecular flexibility index (Phi) is 9.42. The van der Waals surface area contributed by atoms with Crippen LogP contribution in [0.5, 0.6) is 0 Å². The number of anilines is 1. The van der Waals surface area contributed by atoms with Crippen molar-refractivity contribution in [2.24, 2.45) is 0 Å². The molecule has 0 N–H and O–H groups in total. The molecule has 1 unspecified atom stereocenters. The van der Waals surface area contributed by atoms with Crippen molar-refractivity contribution in [3.63, 3.8) is 0 Å². The van der Waals surface area contributed by atoms with Gasteiger partial charge in [0.05, 0.1) is 0 Å². The number of hydrogen-bond donors (Lipinski definition) is 0. The van der Waals surface area contributed by atoms with E-state index in [0.717, 1.165) is 31.5 Å². The zero-order valence-corrected chi connectivity index (χ0v) is 15.3. The molecule has 23 heavy (non-hydrogen) atoms. The van der Waals surface area contributed by atoms with Crippen molar-refractivity contribution in [2.75, 3.05) is 18.0 Å². The van der Waals surface area contributed by atoms with Crippen LogP contribution in [0.4, 0.5) is 5.69 Å². The molecule has 0 spiro atoms. The highest BCUT2D eigenvalue weighted by atomic mass is 16.5. The van der Waals surface area contributed by atoms with Crippen LogP contribution in [0.1, 0.15) is 77.9 Å². The molecular weight excluding hydrogens is 286 g/mol. The van der Waals surface area contributed by atoms with Crippen LogP contribution in [-0.2, 0) is 9.53 Å². The highest BCUT2D eigenvalue weighted by Gasteiger charge is 2.13. The number of carbonyl (C=O) groups is 1. The Morgan fingerprint density at radius 3 is 2.43 bits per heavy atom. The normalized spacial score (nSPS) is 12.0. The fourth-order valence-corrected chi connectivity index (χ4v) is 2.76. The largest absolute Gasteiger partial charge is 0.458 e. The fourth-order valence-electron chi connectivity index (χ4n) is 2.76. The lowest BCUT2D eigenvalue weighted by molar-refractivity contribution is -0.148. The van der Waals surface area contributed by atoms with Gasteiger partial charge in [-0.2, -0.15) is 0 Å². The van der Waals surface area contributed by atoms with Gasteiger partial charge in [-0.25, -0.2) is 0 Å². The molecule has 1 atom stereocenters. The van der Waals surface area contributed by atoms with Gasteiger partial charge in [0.2, 0.25) is 0 Å². The molecule has 0 aliphatic heterocycles. The summed E-state index contributed by atoms with van der Waals surface area (Å²) in [5, 5.41) is 0. The molecule has 1 aromatic rings. The second kappa shape index (κ2) is 11.1. The van der Waals surface area contributed by atoms with Crippen LogP contribution in [0, 0.1) is 0 Å². The maximum Gasteiger partial charge on any atom is 0.306 e. The van der Waals surface area contributed by atoms with Gasteiger partial charge in [0, 0.05) is 25.2 Å². The van der Waals surface area contributed by atoms with E-state index in [1.807, 2.05) is 19.1 Å². The van der Waals surface area contributed by atoms with E-state index in [1.54, 1.807) is 0 Å². The van der Waals surface area contributed by atoms with Crippen LogP contribution in [0.15, 0.2) is 24.3 Å². The summed E-state index contributed by atoms with van der Waals surface area (Å²) in [6, 6.07) is 8.31. The van der Waals surface area contributed by atoms with Crippen LogP contribution in [0.3, 0.4) is 0 Å². The molecule has 0 saturated carbocycles. The smallest absolute Gasteiger partial charge is 0.306 e. The zero-order chi connectivity index (χ0) is 17.1. The van der Waals surface area contributed by atoms with E-state index in [1.165, 1.54) is 24.9 Å². The molecule has 1 rings (SSSR count). The van der Waals surface area contributed by atoms with Crippen molar-refractivity contribution in [3.05, 3.63) is 29.8 Å². The molecule has 3 heteroatoms. The lowest BCUT2D eigenvalue weighted by Gasteiger charge is -2.22. The van der Waals surface area contributed by atoms with Gasteiger partial charge in [-0.15, -0.1) is 0 Å². The second-order valence-electron chi connectivity index (χ2n) is 6.06. The van der Waals surface area contributed by atoms with E-state index in [9.17, 15) is 4.79 Å². The SMILES string of the molecule is CCCCCCCC(=O)OC(C)c1cccc(N(CC)CC)c1. The van der Waals surface area contributed by atoms with Gasteiger partial charge < -0.3 is 9.64 Å². The summed E-state index contributed by atoms with van der Waals surface area (Å²) in [6.45, 7) is 10.4. The van der Waals surface area contributed by atoms with Gasteiger partial charge in [0.15, 0.2) is 0 Å². The Labute approximate surface area is 142 Å². The molecule has 0 radical (unpaired) electrons. The average Bonchev–Trinajstić information content (AvgIpc) is 2.56. The van der Waals surface area contributed by atoms with Crippen molar-refractivity contribution in [1.29, 1.82) is 0 Å². The summed E-state index contributed by atoms with van der Waals surface area (Å²) in [4.78, 5) is 14.3. The number of nitrogens with zero attached hydrogens (tertiary/aromatic N) is 1. The van der Waals surface area contributed by atoms with Crippen molar-refractivity contribution in [1.82, 2.24) is 0 Å². The molecule has 0 aliphatic carbocycles. The van der Waals surface area contributed by atoms with Crippen molar-refractivity contribution >= 4 is 11.7 Å². The minimum atomic E-state index is -0.186. The number of ether oxygens (including phenoxy) is 1. The molecule has 3 nitrogen and oxygen atoms in total. The Morgan fingerprint density at radius 1 is 1.09 bits per heavy atom. The van der Waals surface area contributed by atoms with E-state index in [0.29, 0.717) is 6.42 Å². The second-order valence-corrected chi connectivity index (χ2v) is 6.06. The molecular formula is C20H33NO2. The van der Waals surface area contributed by atoms with Crippen LogP contribution in [-0.4, -0.2) is 19.1 Å². The first kappa shape index (κ1) is 19.5. The summed E-state index contributed by atoms with van der Waals surface area (Å²) in [6.07, 6.45) is 6.09. The van der Waals surface area contributed by atoms with Gasteiger partial charge in [-0.05, 0) is 44.9 Å². The number of rotatable bonds is 11. The number of esters is 1. The maximum atomic E-state index is 12.0. The highest BCUT2D eigenvalue weighted by molar-refractivity contribution is 5.69. The standard InChI is InChI=1S/C20H33NO2/c1-5-8-9-10-11-15-20(22)23-17(4)18-13-12-14-19(16-18)21(6-2)7-3/h12-14,16-17H,5-11,15H2,1-4H3. The molecule has 0 amide bonds. The molecule has 0 aromatic heterocycles. The zero-order valence-electron chi connectivity index (χ0n) is 15.3. The van der Waals surface area contributed by atoms with Crippen LogP contribution in [0.2, 0.25) is 0 Å². The Balaban J connectivity index is 2.49. The van der Waals surface area contributed by atoms with Gasteiger partial charge in [-0.3, -0.25) is 4.79 Å². The fraction of sp³-hybridized carbons (Fsp3) is 0.650. The number of benzene rings is 1. The van der Waals surface area contributed by atoms with E-state index in [2.05, 4.69) is 37.8 Å². The number of hydrogen-bond acceptors (Lipinski definition) is 3. The first-order valence-electron chi connectivity index (χ1n) is 9.16. The average molecular weight is 319 g/mol. The van der Waals surface area contributed by atoms with Crippen molar-refractivity contribution < 1.29 is 9.53 Å². The molecule has 0 aliphatic rings. The third kappa shape index (κ3) is 7.06. The highest BCUT2D eigenvalue weighted by Crippen LogP contribution is 2.23. The van der Waals surface area contributed by atoms with E-state index >= 15 is 0 Å². The summed E-state index contributed by atoms with van der Waals surface area (Å²) < 4.78 is 5.59. The molecule has 1 aromatic carbocycles. The predicted octanol–water partition coefficient (Wildman–Crippen LogP) is 5.50. The summed E-state index contributed by atoms with van der Waals surface area (Å²) in [5.74, 6) is -0.0813. The lowest BCUT2D eigenvalue weighted by Crippen LogP contribution is -2.22. The topological polar surface area (TPSA) is 29.5 Å². The minimum absolute atomic E-state index is 0.0813. The van der Waals surface area contributed by atoms with Crippen molar-refractivity contribution in [3.8, 4) is 0 Å². The van der Waals surface area contributed by atoms with Crippen LogP contribution >= 0.6 is 0 Å². The van der Waals surface area contributed by atoms with Crippen LogP contribution < -0.4 is 4.90 Å². The first-order valence-corrected chi connectivity index (χ1v) is 9.16.